The summed E-state index contributed by atoms with van der Waals surface area (Å²) in [6, 6.07) is 8.16. The largest absolute Gasteiger partial charge is 0.294 e. The van der Waals surface area contributed by atoms with E-state index in [0.717, 1.165) is 17.7 Å². The Morgan fingerprint density at radius 2 is 2.07 bits per heavy atom. The Labute approximate surface area is 107 Å². The maximum Gasteiger partial charge on any atom is 0.169 e. The van der Waals surface area contributed by atoms with Gasteiger partial charge in [0.25, 0.3) is 0 Å². The molecule has 0 spiro atoms. The molecule has 0 aromatic heterocycles. The van der Waals surface area contributed by atoms with Crippen LogP contribution in [0.1, 0.15) is 19.3 Å². The van der Waals surface area contributed by atoms with E-state index in [4.69, 9.17) is 0 Å². The van der Waals surface area contributed by atoms with Gasteiger partial charge in [-0.05, 0) is 47.6 Å². The minimum Gasteiger partial charge on any atom is -0.294 e. The van der Waals surface area contributed by atoms with Crippen LogP contribution in [0.15, 0.2) is 40.1 Å². The van der Waals surface area contributed by atoms with Crippen LogP contribution in [-0.4, -0.2) is 5.78 Å². The molecule has 0 atom stereocenters. The van der Waals surface area contributed by atoms with E-state index in [1.165, 1.54) is 8.47 Å². The van der Waals surface area contributed by atoms with E-state index < -0.39 is 0 Å². The van der Waals surface area contributed by atoms with Gasteiger partial charge in [-0.2, -0.15) is 0 Å². The Morgan fingerprint density at radius 3 is 2.80 bits per heavy atom. The highest BCUT2D eigenvalue weighted by atomic mass is 127. The van der Waals surface area contributed by atoms with Gasteiger partial charge in [0.1, 0.15) is 0 Å². The molecule has 0 unspecified atom stereocenters. The fourth-order valence-electron chi connectivity index (χ4n) is 1.48. The van der Waals surface area contributed by atoms with Gasteiger partial charge in [0, 0.05) is 14.9 Å². The van der Waals surface area contributed by atoms with E-state index in [2.05, 4.69) is 40.8 Å². The van der Waals surface area contributed by atoms with Crippen molar-refractivity contribution in [1.82, 2.24) is 0 Å². The Hall–Kier alpha value is -0.290. The van der Waals surface area contributed by atoms with E-state index in [9.17, 15) is 4.79 Å². The van der Waals surface area contributed by atoms with E-state index in [0.29, 0.717) is 12.2 Å². The highest BCUT2D eigenvalue weighted by Crippen LogP contribution is 2.33. The minimum absolute atomic E-state index is 0.297. The second-order valence-electron chi connectivity index (χ2n) is 3.42. The smallest absolute Gasteiger partial charge is 0.169 e. The van der Waals surface area contributed by atoms with Crippen molar-refractivity contribution >= 4 is 40.1 Å². The lowest BCUT2D eigenvalue weighted by Crippen LogP contribution is -2.04. The van der Waals surface area contributed by atoms with Crippen molar-refractivity contribution in [2.24, 2.45) is 0 Å². The van der Waals surface area contributed by atoms with Crippen molar-refractivity contribution < 1.29 is 4.79 Å². The first kappa shape index (κ1) is 11.2. The van der Waals surface area contributed by atoms with Crippen molar-refractivity contribution in [1.29, 1.82) is 0 Å². The molecular weight excluding hydrogens is 319 g/mol. The summed E-state index contributed by atoms with van der Waals surface area (Å²) in [5, 5.41) is 0. The second-order valence-corrected chi connectivity index (χ2v) is 5.66. The molecule has 0 amide bonds. The van der Waals surface area contributed by atoms with Crippen LogP contribution in [0, 0.1) is 3.57 Å². The molecule has 1 aliphatic carbocycles. The van der Waals surface area contributed by atoms with Gasteiger partial charge in [-0.3, -0.25) is 4.79 Å². The zero-order chi connectivity index (χ0) is 10.7. The molecule has 0 radical (unpaired) electrons. The molecule has 1 aliphatic rings. The van der Waals surface area contributed by atoms with E-state index in [1.54, 1.807) is 11.8 Å². The molecule has 0 heterocycles. The van der Waals surface area contributed by atoms with Gasteiger partial charge < -0.3 is 0 Å². The predicted octanol–water partition coefficient (Wildman–Crippen LogP) is 4.02. The lowest BCUT2D eigenvalue weighted by Gasteiger charge is -2.11. The van der Waals surface area contributed by atoms with Gasteiger partial charge in [0.05, 0.1) is 4.91 Å². The van der Waals surface area contributed by atoms with E-state index in [1.807, 2.05) is 12.1 Å². The number of hydrogen-bond donors (Lipinski definition) is 0. The van der Waals surface area contributed by atoms with Gasteiger partial charge in [-0.25, -0.2) is 0 Å². The van der Waals surface area contributed by atoms with E-state index in [-0.39, 0.29) is 0 Å². The van der Waals surface area contributed by atoms with Crippen LogP contribution < -0.4 is 0 Å². The summed E-state index contributed by atoms with van der Waals surface area (Å²) in [7, 11) is 0. The van der Waals surface area contributed by atoms with Crippen LogP contribution in [0.2, 0.25) is 0 Å². The number of allylic oxidation sites excluding steroid dienone is 2. The van der Waals surface area contributed by atoms with Gasteiger partial charge >= 0.3 is 0 Å². The highest BCUT2D eigenvalue weighted by molar-refractivity contribution is 14.1. The average molecular weight is 330 g/mol. The number of benzene rings is 1. The molecule has 2 rings (SSSR count). The summed E-state index contributed by atoms with van der Waals surface area (Å²) in [6.45, 7) is 0. The third-order valence-corrected chi connectivity index (χ3v) is 4.77. The topological polar surface area (TPSA) is 17.1 Å². The first-order valence-electron chi connectivity index (χ1n) is 4.93. The SMILES string of the molecule is O=C1CCCC=C1Sc1ccccc1I. The number of thioether (sulfide) groups is 1. The molecule has 0 bridgehead atoms. The number of carbonyl (C=O) groups excluding carboxylic acids is 1. The molecule has 1 aromatic carbocycles. The molecule has 0 fully saturated rings. The minimum atomic E-state index is 0.297. The number of rotatable bonds is 2. The molecule has 3 heteroatoms. The number of carbonyl (C=O) groups is 1. The first-order chi connectivity index (χ1) is 7.27. The summed E-state index contributed by atoms with van der Waals surface area (Å²) >= 11 is 3.91. The zero-order valence-electron chi connectivity index (χ0n) is 8.20. The summed E-state index contributed by atoms with van der Waals surface area (Å²) in [5.74, 6) is 0.297. The maximum atomic E-state index is 11.6. The molecular formula is C12H11IOS. The third kappa shape index (κ3) is 2.84. The maximum absolute atomic E-state index is 11.6. The number of halogens is 1. The lowest BCUT2D eigenvalue weighted by atomic mass is 10.1. The fourth-order valence-corrected chi connectivity index (χ4v) is 3.16. The number of ketones is 1. The van der Waals surface area contributed by atoms with E-state index >= 15 is 0 Å². The van der Waals surface area contributed by atoms with Crippen LogP contribution in [-0.2, 0) is 4.79 Å². The highest BCUT2D eigenvalue weighted by Gasteiger charge is 2.15. The fraction of sp³-hybridized carbons (Fsp3) is 0.250. The number of hydrogen-bond acceptors (Lipinski definition) is 2. The molecule has 0 saturated heterocycles. The van der Waals surface area contributed by atoms with Gasteiger partial charge in [-0.1, -0.05) is 30.0 Å². The molecule has 1 aromatic rings. The summed E-state index contributed by atoms with van der Waals surface area (Å²) in [6.07, 6.45) is 4.83. The van der Waals surface area contributed by atoms with Crippen LogP contribution in [0.4, 0.5) is 0 Å². The van der Waals surface area contributed by atoms with Crippen LogP contribution in [0.25, 0.3) is 0 Å². The normalized spacial score (nSPS) is 16.3. The predicted molar refractivity (Wildman–Crippen MR) is 72.0 cm³/mol. The van der Waals surface area contributed by atoms with Crippen molar-refractivity contribution in [2.45, 2.75) is 24.2 Å². The van der Waals surface area contributed by atoms with Gasteiger partial charge in [-0.15, -0.1) is 0 Å². The van der Waals surface area contributed by atoms with Crippen molar-refractivity contribution in [3.63, 3.8) is 0 Å². The zero-order valence-corrected chi connectivity index (χ0v) is 11.2. The van der Waals surface area contributed by atoms with Crippen LogP contribution >= 0.6 is 34.4 Å². The van der Waals surface area contributed by atoms with Crippen LogP contribution in [0.3, 0.4) is 0 Å². The van der Waals surface area contributed by atoms with Gasteiger partial charge in [0.15, 0.2) is 5.78 Å². The first-order valence-corrected chi connectivity index (χ1v) is 6.82. The van der Waals surface area contributed by atoms with Crippen LogP contribution in [0.5, 0.6) is 0 Å². The standard InChI is InChI=1S/C12H11IOS/c13-9-5-1-3-7-11(9)15-12-8-4-2-6-10(12)14/h1,3,5,7-8H,2,4,6H2. The molecule has 78 valence electrons. The second kappa shape index (κ2) is 5.16. The Kier molecular flexibility index (Phi) is 3.86. The summed E-state index contributed by atoms with van der Waals surface area (Å²) < 4.78 is 1.21. The molecule has 1 nitrogen and oxygen atoms in total. The molecule has 15 heavy (non-hydrogen) atoms. The number of Topliss-reactive ketones (excluding diaryl/α,β-unsaturated/α-hetero) is 1. The Bertz CT molecular complexity index is 412. The summed E-state index contributed by atoms with van der Waals surface area (Å²) in [5.41, 5.74) is 0. The average Bonchev–Trinajstić information content (AvgIpc) is 2.24. The lowest BCUT2D eigenvalue weighted by molar-refractivity contribution is -0.115. The Balaban J connectivity index is 2.18. The quantitative estimate of drug-likeness (QED) is 0.762. The third-order valence-electron chi connectivity index (χ3n) is 2.27. The van der Waals surface area contributed by atoms with Crippen molar-refractivity contribution in [2.75, 3.05) is 0 Å². The van der Waals surface area contributed by atoms with Gasteiger partial charge in [0.2, 0.25) is 0 Å². The molecule has 0 N–H and O–H groups in total. The Morgan fingerprint density at radius 1 is 1.27 bits per heavy atom. The molecule has 0 aliphatic heterocycles. The molecule has 0 saturated carbocycles. The van der Waals surface area contributed by atoms with Crippen molar-refractivity contribution in [3.8, 4) is 0 Å². The van der Waals surface area contributed by atoms with Crippen molar-refractivity contribution in [3.05, 3.63) is 38.8 Å². The monoisotopic (exact) mass is 330 g/mol. The summed E-state index contributed by atoms with van der Waals surface area (Å²) in [4.78, 5) is 13.7.